The second-order valence-corrected chi connectivity index (χ2v) is 8.25. The van der Waals surface area contributed by atoms with Crippen LogP contribution in [-0.2, 0) is 12.2 Å². The van der Waals surface area contributed by atoms with Crippen LogP contribution in [0.25, 0.3) is 0 Å². The molecule has 0 fully saturated rings. The van der Waals surface area contributed by atoms with E-state index >= 15 is 0 Å². The maximum Gasteiger partial charge on any atom is 0.275 e. The molecule has 158 valence electrons. The molecule has 6 nitrogen and oxygen atoms in total. The lowest BCUT2D eigenvalue weighted by Gasteiger charge is -2.17. The van der Waals surface area contributed by atoms with Crippen molar-refractivity contribution in [1.82, 2.24) is 9.97 Å². The molecule has 0 bridgehead atoms. The van der Waals surface area contributed by atoms with Gasteiger partial charge in [0.1, 0.15) is 5.69 Å². The van der Waals surface area contributed by atoms with Crippen molar-refractivity contribution < 1.29 is 9.47 Å². The zero-order valence-corrected chi connectivity index (χ0v) is 18.9. The van der Waals surface area contributed by atoms with E-state index in [0.29, 0.717) is 45.2 Å². The number of anilines is 1. The highest BCUT2D eigenvalue weighted by Crippen LogP contribution is 2.29. The van der Waals surface area contributed by atoms with Gasteiger partial charge in [0, 0.05) is 31.3 Å². The molecule has 0 aliphatic rings. The largest absolute Gasteiger partial charge is 0.493 e. The molecule has 0 aliphatic heterocycles. The number of benzene rings is 2. The van der Waals surface area contributed by atoms with Crippen LogP contribution in [0, 0.1) is 0 Å². The topological polar surface area (TPSA) is 67.5 Å². The molecule has 1 N–H and O–H groups in total. The molecule has 0 unspecified atom stereocenters. The predicted octanol–water partition coefficient (Wildman–Crippen LogP) is 4.39. The summed E-state index contributed by atoms with van der Waals surface area (Å²) in [5.74, 6) is 1.95. The van der Waals surface area contributed by atoms with Crippen molar-refractivity contribution in [1.29, 1.82) is 0 Å². The Labute approximate surface area is 185 Å². The van der Waals surface area contributed by atoms with E-state index in [1.54, 1.807) is 19.1 Å². The fourth-order valence-electron chi connectivity index (χ4n) is 3.11. The number of nitrogens with zero attached hydrogens (tertiary/aromatic N) is 2. The summed E-state index contributed by atoms with van der Waals surface area (Å²) in [6.07, 6.45) is 0.489. The third-order valence-corrected chi connectivity index (χ3v) is 5.66. The molecular weight excluding hydrogens is 422 g/mol. The molecule has 2 aromatic carbocycles. The van der Waals surface area contributed by atoms with Gasteiger partial charge in [-0.25, -0.2) is 4.98 Å². The number of hydrogen-bond acceptors (Lipinski definition) is 6. The Morgan fingerprint density at radius 2 is 1.83 bits per heavy atom. The summed E-state index contributed by atoms with van der Waals surface area (Å²) in [4.78, 5) is 22.2. The zero-order valence-electron chi connectivity index (χ0n) is 17.4. The van der Waals surface area contributed by atoms with Gasteiger partial charge in [-0.2, -0.15) is 0 Å². The average Bonchev–Trinajstić information content (AvgIpc) is 2.71. The highest BCUT2D eigenvalue weighted by Gasteiger charge is 2.16. The Hall–Kier alpha value is -2.64. The molecule has 30 heavy (non-hydrogen) atoms. The van der Waals surface area contributed by atoms with Crippen LogP contribution in [0.2, 0.25) is 5.02 Å². The summed E-state index contributed by atoms with van der Waals surface area (Å²) in [5.41, 5.74) is 3.11. The third kappa shape index (κ3) is 5.29. The fraction of sp³-hybridized carbons (Fsp3) is 0.273. The number of H-pyrrole nitrogens is 1. The van der Waals surface area contributed by atoms with E-state index in [-0.39, 0.29) is 5.56 Å². The van der Waals surface area contributed by atoms with Crippen LogP contribution in [0.5, 0.6) is 11.5 Å². The van der Waals surface area contributed by atoms with Gasteiger partial charge in [0.25, 0.3) is 5.56 Å². The molecule has 1 aromatic heterocycles. The van der Waals surface area contributed by atoms with Gasteiger partial charge in [0.15, 0.2) is 16.7 Å². The van der Waals surface area contributed by atoms with Crippen molar-refractivity contribution in [3.05, 3.63) is 74.7 Å². The van der Waals surface area contributed by atoms with Gasteiger partial charge in [0.2, 0.25) is 0 Å². The lowest BCUT2D eigenvalue weighted by Crippen LogP contribution is -2.24. The first kappa shape index (κ1) is 22.1. The second kappa shape index (κ2) is 9.91. The summed E-state index contributed by atoms with van der Waals surface area (Å²) < 4.78 is 10.7. The van der Waals surface area contributed by atoms with E-state index in [4.69, 9.17) is 26.1 Å². The van der Waals surface area contributed by atoms with E-state index < -0.39 is 0 Å². The van der Waals surface area contributed by atoms with Crippen LogP contribution in [0.1, 0.15) is 16.8 Å². The van der Waals surface area contributed by atoms with E-state index in [1.165, 1.54) is 11.8 Å². The van der Waals surface area contributed by atoms with Crippen LogP contribution in [0.3, 0.4) is 0 Å². The van der Waals surface area contributed by atoms with Gasteiger partial charge in [-0.3, -0.25) is 9.78 Å². The van der Waals surface area contributed by atoms with Crippen molar-refractivity contribution in [2.45, 2.75) is 17.3 Å². The molecule has 8 heteroatoms. The van der Waals surface area contributed by atoms with Crippen LogP contribution in [0.15, 0.2) is 52.4 Å². The Kier molecular flexibility index (Phi) is 7.29. The smallest absolute Gasteiger partial charge is 0.275 e. The molecule has 0 aliphatic carbocycles. The predicted molar refractivity (Wildman–Crippen MR) is 123 cm³/mol. The maximum absolute atomic E-state index is 12.8. The quantitative estimate of drug-likeness (QED) is 0.409. The maximum atomic E-state index is 12.8. The number of methoxy groups -OCH3 is 2. The summed E-state index contributed by atoms with van der Waals surface area (Å²) in [5, 5.41) is 1.26. The molecule has 0 radical (unpaired) electrons. The summed E-state index contributed by atoms with van der Waals surface area (Å²) in [7, 11) is 6.87. The average molecular weight is 446 g/mol. The number of halogens is 1. The molecule has 0 saturated heterocycles. The molecule has 0 atom stereocenters. The van der Waals surface area contributed by atoms with E-state index in [9.17, 15) is 4.79 Å². The first-order chi connectivity index (χ1) is 14.4. The van der Waals surface area contributed by atoms with Crippen molar-refractivity contribution in [2.24, 2.45) is 0 Å². The monoisotopic (exact) mass is 445 g/mol. The lowest BCUT2D eigenvalue weighted by molar-refractivity contribution is 0.354. The van der Waals surface area contributed by atoms with Crippen molar-refractivity contribution in [3.8, 4) is 11.5 Å². The molecule has 0 spiro atoms. The van der Waals surface area contributed by atoms with Crippen molar-refractivity contribution >= 4 is 29.1 Å². The number of hydrogen-bond donors (Lipinski definition) is 1. The summed E-state index contributed by atoms with van der Waals surface area (Å²) in [6, 6.07) is 13.4. The standard InChI is InChI=1S/C22H24ClN3O3S/c1-26(2)20-17(11-14-8-9-18(28-3)19(12-14)29-4)24-22(25-21(20)27)30-13-15-6-5-7-16(23)10-15/h5-10,12H,11,13H2,1-4H3,(H,24,25,27). The molecule has 3 aromatic rings. The number of ether oxygens (including phenoxy) is 2. The third-order valence-electron chi connectivity index (χ3n) is 4.48. The fourth-order valence-corrected chi connectivity index (χ4v) is 4.14. The number of aromatic nitrogens is 2. The van der Waals surface area contributed by atoms with Crippen LogP contribution >= 0.6 is 23.4 Å². The van der Waals surface area contributed by atoms with Gasteiger partial charge < -0.3 is 14.4 Å². The highest BCUT2D eigenvalue weighted by atomic mass is 35.5. The van der Waals surface area contributed by atoms with Gasteiger partial charge in [-0.05, 0) is 35.4 Å². The SMILES string of the molecule is COc1ccc(Cc2nc(SCc3cccc(Cl)c3)[nH]c(=O)c2N(C)C)cc1OC. The van der Waals surface area contributed by atoms with Gasteiger partial charge >= 0.3 is 0 Å². The van der Waals surface area contributed by atoms with Crippen LogP contribution in [-0.4, -0.2) is 38.3 Å². The van der Waals surface area contributed by atoms with E-state index in [2.05, 4.69) is 4.98 Å². The number of thioether (sulfide) groups is 1. The zero-order chi connectivity index (χ0) is 21.7. The minimum Gasteiger partial charge on any atom is -0.493 e. The molecule has 1 heterocycles. The van der Waals surface area contributed by atoms with Gasteiger partial charge in [-0.1, -0.05) is 41.6 Å². The minimum atomic E-state index is -0.168. The number of nitrogens with one attached hydrogen (secondary N) is 1. The first-order valence-electron chi connectivity index (χ1n) is 9.30. The Morgan fingerprint density at radius 3 is 2.50 bits per heavy atom. The second-order valence-electron chi connectivity index (χ2n) is 6.85. The van der Waals surface area contributed by atoms with Gasteiger partial charge in [0.05, 0.1) is 19.9 Å². The van der Waals surface area contributed by atoms with Crippen LogP contribution in [0.4, 0.5) is 5.69 Å². The summed E-state index contributed by atoms with van der Waals surface area (Å²) in [6.45, 7) is 0. The van der Waals surface area contributed by atoms with Gasteiger partial charge in [-0.15, -0.1) is 0 Å². The van der Waals surface area contributed by atoms with E-state index in [0.717, 1.165) is 11.1 Å². The summed E-state index contributed by atoms with van der Waals surface area (Å²) >= 11 is 7.53. The van der Waals surface area contributed by atoms with Crippen molar-refractivity contribution in [3.63, 3.8) is 0 Å². The first-order valence-corrected chi connectivity index (χ1v) is 10.7. The Morgan fingerprint density at radius 1 is 1.07 bits per heavy atom. The van der Waals surface area contributed by atoms with Crippen molar-refractivity contribution in [2.75, 3.05) is 33.2 Å². The molecule has 0 amide bonds. The Bertz CT molecular complexity index is 1090. The van der Waals surface area contributed by atoms with Crippen LogP contribution < -0.4 is 19.9 Å². The Balaban J connectivity index is 1.91. The molecular formula is C22H24ClN3O3S. The minimum absolute atomic E-state index is 0.168. The molecule has 0 saturated carbocycles. The highest BCUT2D eigenvalue weighted by molar-refractivity contribution is 7.98. The number of aromatic amines is 1. The molecule has 3 rings (SSSR count). The lowest BCUT2D eigenvalue weighted by atomic mass is 10.1. The van der Waals surface area contributed by atoms with E-state index in [1.807, 2.05) is 56.6 Å². The number of rotatable bonds is 8. The normalized spacial score (nSPS) is 10.7.